The number of hydrogen-bond donors (Lipinski definition) is 3. The molecule has 5 nitrogen and oxygen atoms in total. The topological polar surface area (TPSA) is 83.8 Å². The number of amides is 1. The van der Waals surface area contributed by atoms with E-state index in [1.807, 2.05) is 34.0 Å². The highest BCUT2D eigenvalue weighted by molar-refractivity contribution is 8.00. The normalized spacial score (nSPS) is 13.3. The smallest absolute Gasteiger partial charge is 0.238 e. The SMILES string of the molecule is CSC(C)(C)[C@H](N)C(=O)NCCCc1c(C)n[nH]c1C. The van der Waals surface area contributed by atoms with Crippen LogP contribution in [-0.4, -0.2) is 39.7 Å². The number of nitrogens with one attached hydrogen (secondary N) is 2. The van der Waals surface area contributed by atoms with Crippen LogP contribution in [0.25, 0.3) is 0 Å². The van der Waals surface area contributed by atoms with Gasteiger partial charge in [-0.1, -0.05) is 0 Å². The quantitative estimate of drug-likeness (QED) is 0.667. The first-order valence-electron chi connectivity index (χ1n) is 6.88. The van der Waals surface area contributed by atoms with Crippen molar-refractivity contribution in [1.82, 2.24) is 15.5 Å². The molecule has 0 radical (unpaired) electrons. The number of hydrogen-bond acceptors (Lipinski definition) is 4. The molecule has 1 rings (SSSR count). The van der Waals surface area contributed by atoms with E-state index in [0.717, 1.165) is 24.2 Å². The van der Waals surface area contributed by atoms with Crippen LogP contribution in [0.3, 0.4) is 0 Å². The second-order valence-electron chi connectivity index (χ2n) is 5.59. The Morgan fingerprint density at radius 1 is 1.50 bits per heavy atom. The number of aryl methyl sites for hydroxylation is 2. The van der Waals surface area contributed by atoms with Gasteiger partial charge in [-0.15, -0.1) is 0 Å². The van der Waals surface area contributed by atoms with Crippen molar-refractivity contribution >= 4 is 17.7 Å². The second-order valence-corrected chi connectivity index (χ2v) is 7.05. The Morgan fingerprint density at radius 3 is 2.65 bits per heavy atom. The minimum absolute atomic E-state index is 0.0787. The highest BCUT2D eigenvalue weighted by atomic mass is 32.2. The molecule has 0 fully saturated rings. The standard InChI is InChI=1S/C14H26N4OS/c1-9-11(10(2)18-17-9)7-6-8-16-13(19)12(15)14(3,4)20-5/h12H,6-8,15H2,1-5H3,(H,16,19)(H,17,18)/t12-/m1/s1. The zero-order valence-electron chi connectivity index (χ0n) is 13.0. The van der Waals surface area contributed by atoms with Crippen molar-refractivity contribution in [2.45, 2.75) is 51.3 Å². The van der Waals surface area contributed by atoms with E-state index in [2.05, 4.69) is 15.5 Å². The molecule has 0 aliphatic heterocycles. The monoisotopic (exact) mass is 298 g/mol. The van der Waals surface area contributed by atoms with Gasteiger partial charge in [0.15, 0.2) is 0 Å². The minimum atomic E-state index is -0.491. The fraction of sp³-hybridized carbons (Fsp3) is 0.714. The first-order chi connectivity index (χ1) is 9.29. The van der Waals surface area contributed by atoms with Gasteiger partial charge in [-0.2, -0.15) is 16.9 Å². The summed E-state index contributed by atoms with van der Waals surface area (Å²) in [6.07, 6.45) is 3.77. The molecule has 0 bridgehead atoms. The van der Waals surface area contributed by atoms with E-state index in [-0.39, 0.29) is 10.7 Å². The average molecular weight is 298 g/mol. The molecular formula is C14H26N4OS. The van der Waals surface area contributed by atoms with Gasteiger partial charge in [0.25, 0.3) is 0 Å². The average Bonchev–Trinajstić information content (AvgIpc) is 2.73. The van der Waals surface area contributed by atoms with Crippen LogP contribution in [-0.2, 0) is 11.2 Å². The van der Waals surface area contributed by atoms with E-state index in [1.54, 1.807) is 11.8 Å². The molecule has 1 amide bonds. The third kappa shape index (κ3) is 4.24. The molecule has 0 aliphatic rings. The molecule has 0 aromatic carbocycles. The number of aromatic nitrogens is 2. The van der Waals surface area contributed by atoms with Crippen molar-refractivity contribution in [3.05, 3.63) is 17.0 Å². The van der Waals surface area contributed by atoms with Crippen LogP contribution in [0.15, 0.2) is 0 Å². The van der Waals surface area contributed by atoms with E-state index in [9.17, 15) is 4.79 Å². The summed E-state index contributed by atoms with van der Waals surface area (Å²) in [6.45, 7) is 8.63. The van der Waals surface area contributed by atoms with E-state index >= 15 is 0 Å². The highest BCUT2D eigenvalue weighted by Gasteiger charge is 2.30. The molecule has 6 heteroatoms. The first-order valence-corrected chi connectivity index (χ1v) is 8.11. The summed E-state index contributed by atoms with van der Waals surface area (Å²) >= 11 is 1.61. The Balaban J connectivity index is 2.36. The summed E-state index contributed by atoms with van der Waals surface area (Å²) in [7, 11) is 0. The van der Waals surface area contributed by atoms with E-state index in [0.29, 0.717) is 6.54 Å². The molecule has 114 valence electrons. The predicted molar refractivity (Wildman–Crippen MR) is 85.0 cm³/mol. The lowest BCUT2D eigenvalue weighted by Gasteiger charge is -2.28. The second kappa shape index (κ2) is 7.13. The van der Waals surface area contributed by atoms with Crippen molar-refractivity contribution in [3.8, 4) is 0 Å². The molecular weight excluding hydrogens is 272 g/mol. The number of nitrogens with zero attached hydrogens (tertiary/aromatic N) is 1. The number of carbonyl (C=O) groups excluding carboxylic acids is 1. The predicted octanol–water partition coefficient (Wildman–Crippen LogP) is 1.54. The number of nitrogens with two attached hydrogens (primary N) is 1. The third-order valence-corrected chi connectivity index (χ3v) is 5.05. The van der Waals surface area contributed by atoms with Crippen LogP contribution in [0.5, 0.6) is 0 Å². The molecule has 0 aliphatic carbocycles. The Bertz CT molecular complexity index is 437. The lowest BCUT2D eigenvalue weighted by Crippen LogP contribution is -2.52. The lowest BCUT2D eigenvalue weighted by molar-refractivity contribution is -0.122. The molecule has 0 unspecified atom stereocenters. The summed E-state index contributed by atoms with van der Waals surface area (Å²) in [5, 5.41) is 10.1. The summed E-state index contributed by atoms with van der Waals surface area (Å²) < 4.78 is -0.248. The van der Waals surface area contributed by atoms with Gasteiger partial charge in [0, 0.05) is 17.0 Å². The minimum Gasteiger partial charge on any atom is -0.355 e. The van der Waals surface area contributed by atoms with Gasteiger partial charge in [0.2, 0.25) is 5.91 Å². The van der Waals surface area contributed by atoms with Gasteiger partial charge >= 0.3 is 0 Å². The Morgan fingerprint density at radius 2 is 2.15 bits per heavy atom. The van der Waals surface area contributed by atoms with Gasteiger partial charge in [-0.3, -0.25) is 9.89 Å². The van der Waals surface area contributed by atoms with Crippen LogP contribution < -0.4 is 11.1 Å². The van der Waals surface area contributed by atoms with Gasteiger partial charge < -0.3 is 11.1 Å². The zero-order valence-corrected chi connectivity index (χ0v) is 13.9. The highest BCUT2D eigenvalue weighted by Crippen LogP contribution is 2.24. The van der Waals surface area contributed by atoms with Crippen molar-refractivity contribution in [3.63, 3.8) is 0 Å². The largest absolute Gasteiger partial charge is 0.355 e. The summed E-state index contributed by atoms with van der Waals surface area (Å²) in [4.78, 5) is 12.0. The molecule has 0 saturated carbocycles. The van der Waals surface area contributed by atoms with Crippen molar-refractivity contribution in [1.29, 1.82) is 0 Å². The van der Waals surface area contributed by atoms with E-state index in [1.165, 1.54) is 5.56 Å². The maximum absolute atomic E-state index is 12.0. The van der Waals surface area contributed by atoms with Gasteiger partial charge in [0.05, 0.1) is 11.7 Å². The van der Waals surface area contributed by atoms with Crippen LogP contribution >= 0.6 is 11.8 Å². The summed E-state index contributed by atoms with van der Waals surface area (Å²) in [5.41, 5.74) is 9.37. The summed E-state index contributed by atoms with van der Waals surface area (Å²) in [6, 6.07) is -0.491. The van der Waals surface area contributed by atoms with Gasteiger partial charge in [0.1, 0.15) is 0 Å². The van der Waals surface area contributed by atoms with E-state index in [4.69, 9.17) is 5.73 Å². The lowest BCUT2D eigenvalue weighted by atomic mass is 10.0. The molecule has 4 N–H and O–H groups in total. The molecule has 0 saturated heterocycles. The number of rotatable bonds is 7. The maximum atomic E-state index is 12.0. The van der Waals surface area contributed by atoms with Gasteiger partial charge in [-0.05, 0) is 52.4 Å². The Kier molecular flexibility index (Phi) is 6.07. The zero-order chi connectivity index (χ0) is 15.3. The van der Waals surface area contributed by atoms with Crippen LogP contribution in [0, 0.1) is 13.8 Å². The number of thioether (sulfide) groups is 1. The molecule has 1 aromatic heterocycles. The molecule has 1 heterocycles. The summed E-state index contributed by atoms with van der Waals surface area (Å²) in [5.74, 6) is -0.0787. The van der Waals surface area contributed by atoms with Crippen molar-refractivity contribution in [2.75, 3.05) is 12.8 Å². The Hall–Kier alpha value is -1.01. The fourth-order valence-corrected chi connectivity index (χ4v) is 2.33. The Labute approximate surface area is 125 Å². The number of carbonyl (C=O) groups is 1. The van der Waals surface area contributed by atoms with Crippen molar-refractivity contribution < 1.29 is 4.79 Å². The molecule has 20 heavy (non-hydrogen) atoms. The van der Waals surface area contributed by atoms with Crippen LogP contribution in [0.1, 0.15) is 37.2 Å². The molecule has 1 aromatic rings. The number of aromatic amines is 1. The molecule has 0 spiro atoms. The van der Waals surface area contributed by atoms with Gasteiger partial charge in [-0.25, -0.2) is 0 Å². The maximum Gasteiger partial charge on any atom is 0.238 e. The van der Waals surface area contributed by atoms with Crippen LogP contribution in [0.4, 0.5) is 0 Å². The fourth-order valence-electron chi connectivity index (χ4n) is 1.97. The third-order valence-electron chi connectivity index (χ3n) is 3.74. The molecule has 1 atom stereocenters. The van der Waals surface area contributed by atoms with Crippen LogP contribution in [0.2, 0.25) is 0 Å². The number of H-pyrrole nitrogens is 1. The van der Waals surface area contributed by atoms with Crippen molar-refractivity contribution in [2.24, 2.45) is 5.73 Å². The van der Waals surface area contributed by atoms with E-state index < -0.39 is 6.04 Å². The first kappa shape index (κ1) is 17.0.